The van der Waals surface area contributed by atoms with Gasteiger partial charge in [-0.25, -0.2) is 0 Å². The van der Waals surface area contributed by atoms with Crippen LogP contribution in [0.4, 0.5) is 0 Å². The molecule has 0 aromatic heterocycles. The van der Waals surface area contributed by atoms with Crippen LogP contribution in [0.5, 0.6) is 0 Å². The molecule has 0 radical (unpaired) electrons. The van der Waals surface area contributed by atoms with Crippen LogP contribution in [-0.4, -0.2) is 17.0 Å². The average molecular weight is 278 g/mol. The maximum atomic E-state index is 5.54. The van der Waals surface area contributed by atoms with Gasteiger partial charge in [0.25, 0.3) is 0 Å². The third-order valence-corrected chi connectivity index (χ3v) is 2.29. The largest absolute Gasteiger partial charge is 0.382 e. The first kappa shape index (κ1) is 18.2. The minimum absolute atomic E-state index is 0.678. The highest BCUT2D eigenvalue weighted by Gasteiger charge is 2.17. The zero-order valence-corrected chi connectivity index (χ0v) is 12.3. The molecule has 0 aliphatic rings. The van der Waals surface area contributed by atoms with Crippen molar-refractivity contribution in [3.8, 4) is 0 Å². The molecule has 1 nitrogen and oxygen atoms in total. The molecule has 0 aliphatic carbocycles. The Balaban J connectivity index is 0. The predicted molar refractivity (Wildman–Crippen MR) is 71.2 cm³/mol. The lowest BCUT2D eigenvalue weighted by Crippen LogP contribution is -2.00. The normalized spacial score (nSPS) is 10.8. The fourth-order valence-corrected chi connectivity index (χ4v) is 1.36. The Morgan fingerprint density at radius 3 is 1.67 bits per heavy atom. The van der Waals surface area contributed by atoms with Gasteiger partial charge in [0, 0.05) is 13.2 Å². The number of alkyl halides is 3. The number of rotatable bonds is 6. The maximum Gasteiger partial charge on any atom is 0.190 e. The quantitative estimate of drug-likeness (QED) is 0.468. The van der Waals surface area contributed by atoms with Crippen LogP contribution in [0.15, 0.2) is 0 Å². The summed E-state index contributed by atoms with van der Waals surface area (Å²) in [7, 11) is 0. The minimum Gasteiger partial charge on any atom is -0.382 e. The summed E-state index contributed by atoms with van der Waals surface area (Å²) >= 11 is 16.6. The van der Waals surface area contributed by atoms with Crippen molar-refractivity contribution in [1.29, 1.82) is 0 Å². The second-order valence-corrected chi connectivity index (χ2v) is 5.72. The summed E-state index contributed by atoms with van der Waals surface area (Å²) in [5.41, 5.74) is 0. The Kier molecular flexibility index (Phi) is 15.7. The van der Waals surface area contributed by atoms with E-state index in [1.807, 2.05) is 13.8 Å². The zero-order valence-electron chi connectivity index (χ0n) is 9.99. The predicted octanol–water partition coefficient (Wildman–Crippen LogP) is 5.37. The van der Waals surface area contributed by atoms with Crippen molar-refractivity contribution < 1.29 is 4.74 Å². The number of halogens is 3. The lowest BCUT2D eigenvalue weighted by atomic mass is 10.2. The molecule has 0 heterocycles. The zero-order chi connectivity index (χ0) is 12.2. The van der Waals surface area contributed by atoms with Gasteiger partial charge in [-0.1, -0.05) is 61.0 Å². The number of hydrogen-bond donors (Lipinski definition) is 0. The van der Waals surface area contributed by atoms with E-state index in [2.05, 4.69) is 6.92 Å². The summed E-state index contributed by atoms with van der Waals surface area (Å²) in [5.74, 6) is 0. The molecule has 0 saturated heterocycles. The highest BCUT2D eigenvalue weighted by Crippen LogP contribution is 2.31. The highest BCUT2D eigenvalue weighted by molar-refractivity contribution is 6.67. The molecule has 0 saturated carbocycles. The molecule has 0 spiro atoms. The van der Waals surface area contributed by atoms with Gasteiger partial charge in [0.2, 0.25) is 0 Å². The van der Waals surface area contributed by atoms with Crippen molar-refractivity contribution in [2.24, 2.45) is 0 Å². The average Bonchev–Trinajstić information content (AvgIpc) is 2.13. The van der Waals surface area contributed by atoms with E-state index in [9.17, 15) is 0 Å². The Morgan fingerprint density at radius 2 is 1.40 bits per heavy atom. The van der Waals surface area contributed by atoms with Gasteiger partial charge >= 0.3 is 0 Å². The molecular formula is C11H23Cl3O. The van der Waals surface area contributed by atoms with Crippen molar-refractivity contribution in [1.82, 2.24) is 0 Å². The molecule has 0 bridgehead atoms. The van der Waals surface area contributed by atoms with Crippen LogP contribution in [0.25, 0.3) is 0 Å². The van der Waals surface area contributed by atoms with Crippen LogP contribution in [0, 0.1) is 0 Å². The minimum atomic E-state index is -1.03. The Labute approximate surface area is 109 Å². The highest BCUT2D eigenvalue weighted by atomic mass is 35.6. The molecule has 0 N–H and O–H groups in total. The van der Waals surface area contributed by atoms with Gasteiger partial charge in [-0.3, -0.25) is 0 Å². The van der Waals surface area contributed by atoms with Crippen LogP contribution in [-0.2, 0) is 4.74 Å². The number of unbranched alkanes of at least 4 members (excludes halogenated alkanes) is 3. The van der Waals surface area contributed by atoms with Gasteiger partial charge in [0.15, 0.2) is 3.79 Å². The van der Waals surface area contributed by atoms with Crippen LogP contribution in [0.2, 0.25) is 0 Å². The van der Waals surface area contributed by atoms with Crippen molar-refractivity contribution in [2.45, 2.75) is 56.7 Å². The monoisotopic (exact) mass is 276 g/mol. The molecule has 0 atom stereocenters. The molecule has 0 fully saturated rings. The van der Waals surface area contributed by atoms with Gasteiger partial charge in [-0.2, -0.15) is 0 Å². The summed E-state index contributed by atoms with van der Waals surface area (Å²) in [4.78, 5) is 0. The second kappa shape index (κ2) is 12.9. The second-order valence-electron chi connectivity index (χ2n) is 3.21. The summed E-state index contributed by atoms with van der Waals surface area (Å²) in [5, 5.41) is 0. The Morgan fingerprint density at radius 1 is 0.867 bits per heavy atom. The van der Waals surface area contributed by atoms with Crippen molar-refractivity contribution >= 4 is 34.8 Å². The maximum absolute atomic E-state index is 5.54. The fraction of sp³-hybridized carbons (Fsp3) is 1.00. The van der Waals surface area contributed by atoms with Gasteiger partial charge < -0.3 is 4.74 Å². The summed E-state index contributed by atoms with van der Waals surface area (Å²) in [6.45, 7) is 7.83. The summed E-state index contributed by atoms with van der Waals surface area (Å²) in [6.07, 6.45) is 5.33. The molecule has 0 aromatic rings. The lowest BCUT2D eigenvalue weighted by molar-refractivity contribution is 0.162. The Hall–Kier alpha value is 0.830. The number of hydrogen-bond acceptors (Lipinski definition) is 1. The van der Waals surface area contributed by atoms with E-state index in [1.165, 1.54) is 19.3 Å². The SMILES string of the molecule is CCCCCCC(Cl)(Cl)Cl.CCOCC. The topological polar surface area (TPSA) is 9.23 Å². The first-order chi connectivity index (χ1) is 6.97. The summed E-state index contributed by atoms with van der Waals surface area (Å²) in [6, 6.07) is 0. The van der Waals surface area contributed by atoms with Crippen LogP contribution in [0.1, 0.15) is 52.9 Å². The molecular weight excluding hydrogens is 254 g/mol. The van der Waals surface area contributed by atoms with E-state index in [1.54, 1.807) is 0 Å². The molecule has 0 aromatic carbocycles. The summed E-state index contributed by atoms with van der Waals surface area (Å²) < 4.78 is 3.80. The van der Waals surface area contributed by atoms with Gasteiger partial charge in [-0.05, 0) is 26.7 Å². The van der Waals surface area contributed by atoms with E-state index in [-0.39, 0.29) is 0 Å². The van der Waals surface area contributed by atoms with E-state index in [0.29, 0.717) is 6.42 Å². The van der Waals surface area contributed by atoms with Crippen molar-refractivity contribution in [3.63, 3.8) is 0 Å². The smallest absolute Gasteiger partial charge is 0.190 e. The standard InChI is InChI=1S/C7H13Cl3.C4H10O/c1-2-3-4-5-6-7(8,9)10;1-3-5-4-2/h2-6H2,1H3;3-4H2,1-2H3. The third kappa shape index (κ3) is 25.3. The number of ether oxygens (including phenoxy) is 1. The molecule has 15 heavy (non-hydrogen) atoms. The molecule has 0 unspecified atom stereocenters. The molecule has 0 amide bonds. The van der Waals surface area contributed by atoms with Crippen LogP contribution >= 0.6 is 34.8 Å². The molecule has 4 heteroatoms. The van der Waals surface area contributed by atoms with Crippen LogP contribution < -0.4 is 0 Å². The third-order valence-electron chi connectivity index (χ3n) is 1.72. The first-order valence-corrected chi connectivity index (χ1v) is 6.75. The van der Waals surface area contributed by atoms with E-state index < -0.39 is 3.79 Å². The van der Waals surface area contributed by atoms with Gasteiger partial charge in [0.05, 0.1) is 0 Å². The Bertz CT molecular complexity index is 111. The van der Waals surface area contributed by atoms with Gasteiger partial charge in [-0.15, -0.1) is 0 Å². The first-order valence-electron chi connectivity index (χ1n) is 5.62. The molecule has 0 aliphatic heterocycles. The molecule has 0 rings (SSSR count). The van der Waals surface area contributed by atoms with E-state index in [0.717, 1.165) is 19.6 Å². The fourth-order valence-electron chi connectivity index (χ4n) is 0.956. The van der Waals surface area contributed by atoms with Gasteiger partial charge in [0.1, 0.15) is 0 Å². The van der Waals surface area contributed by atoms with Crippen molar-refractivity contribution in [3.05, 3.63) is 0 Å². The van der Waals surface area contributed by atoms with E-state index >= 15 is 0 Å². The van der Waals surface area contributed by atoms with Crippen molar-refractivity contribution in [2.75, 3.05) is 13.2 Å². The van der Waals surface area contributed by atoms with E-state index in [4.69, 9.17) is 39.5 Å². The lowest BCUT2D eigenvalue weighted by Gasteiger charge is -2.08. The molecule has 94 valence electrons. The van der Waals surface area contributed by atoms with Crippen LogP contribution in [0.3, 0.4) is 0 Å².